The molecule has 0 aliphatic heterocycles. The van der Waals surface area contributed by atoms with Gasteiger partial charge in [0.2, 0.25) is 0 Å². The summed E-state index contributed by atoms with van der Waals surface area (Å²) in [4.78, 5) is 46.0. The fraction of sp³-hybridized carbons (Fsp3) is 0.844. The van der Waals surface area contributed by atoms with Crippen LogP contribution >= 0.6 is 7.82 Å². The molecule has 0 aliphatic carbocycles. The molecule has 0 aromatic heterocycles. The average Bonchev–Trinajstić information content (AvgIpc) is 3.19. The lowest BCUT2D eigenvalue weighted by Crippen LogP contribution is -2.34. The number of allylic oxidation sites excluding steroid dienone is 4. The topological polar surface area (TPSA) is 172 Å². The van der Waals surface area contributed by atoms with E-state index in [2.05, 4.69) is 42.7 Å². The Morgan fingerprint density at radius 2 is 0.930 bits per heavy atom. The van der Waals surface area contributed by atoms with Crippen LogP contribution in [0, 0.1) is 0 Å². The number of rotatable bonds is 43. The van der Waals surface area contributed by atoms with Crippen LogP contribution in [0.4, 0.5) is 0 Å². The van der Waals surface area contributed by atoms with Crippen LogP contribution in [0.3, 0.4) is 0 Å². The molecule has 0 aliphatic rings. The lowest BCUT2D eigenvalue weighted by atomic mass is 10.0. The molecule has 0 aromatic rings. The van der Waals surface area contributed by atoms with E-state index in [9.17, 15) is 23.8 Å². The molecular weight excluding hydrogens is 745 g/mol. The summed E-state index contributed by atoms with van der Waals surface area (Å²) in [6.07, 6.45) is 42.3. The predicted molar refractivity (Wildman–Crippen MR) is 231 cm³/mol. The number of hydrogen-bond acceptors (Lipinski definition) is 9. The van der Waals surface area contributed by atoms with E-state index in [1.807, 2.05) is 0 Å². The number of phosphoric acid groups is 1. The molecule has 0 amide bonds. The van der Waals surface area contributed by atoms with Gasteiger partial charge in [0, 0.05) is 12.8 Å². The summed E-state index contributed by atoms with van der Waals surface area (Å²) in [5, 5.41) is 8.89. The smallest absolute Gasteiger partial charge is 0.472 e. The van der Waals surface area contributed by atoms with Gasteiger partial charge in [-0.25, -0.2) is 4.57 Å². The summed E-state index contributed by atoms with van der Waals surface area (Å²) >= 11 is 0. The van der Waals surface area contributed by atoms with Crippen LogP contribution < -0.4 is 5.73 Å². The Balaban J connectivity index is 4.32. The van der Waals surface area contributed by atoms with Gasteiger partial charge >= 0.3 is 25.7 Å². The van der Waals surface area contributed by atoms with E-state index in [0.717, 1.165) is 57.8 Å². The quantitative estimate of drug-likeness (QED) is 0.0231. The van der Waals surface area contributed by atoms with Gasteiger partial charge in [0.1, 0.15) is 12.6 Å². The first-order chi connectivity index (χ1) is 27.6. The van der Waals surface area contributed by atoms with Crippen molar-refractivity contribution in [1.29, 1.82) is 0 Å². The van der Waals surface area contributed by atoms with Gasteiger partial charge in [-0.2, -0.15) is 0 Å². The zero-order valence-electron chi connectivity index (χ0n) is 36.2. The molecule has 0 heterocycles. The Bertz CT molecular complexity index is 1070. The van der Waals surface area contributed by atoms with Crippen LogP contribution in [-0.2, 0) is 37.5 Å². The molecule has 0 fully saturated rings. The summed E-state index contributed by atoms with van der Waals surface area (Å²) in [6.45, 7) is 2.79. The average molecular weight is 830 g/mol. The highest BCUT2D eigenvalue weighted by molar-refractivity contribution is 7.47. The minimum atomic E-state index is -4.72. The third kappa shape index (κ3) is 40.5. The first kappa shape index (κ1) is 55.0. The highest BCUT2D eigenvalue weighted by atomic mass is 31.2. The zero-order valence-corrected chi connectivity index (χ0v) is 37.1. The minimum absolute atomic E-state index is 0.155. The molecule has 3 atom stereocenters. The molecule has 0 radical (unpaired) electrons. The molecule has 0 rings (SSSR count). The van der Waals surface area contributed by atoms with Crippen molar-refractivity contribution in [3.8, 4) is 0 Å². The second-order valence-electron chi connectivity index (χ2n) is 15.5. The number of unbranched alkanes of at least 4 members (excludes halogenated alkanes) is 25. The number of carboxylic acids is 1. The maximum Gasteiger partial charge on any atom is 0.472 e. The van der Waals surface area contributed by atoms with Gasteiger partial charge in [0.15, 0.2) is 6.10 Å². The Morgan fingerprint density at radius 1 is 0.544 bits per heavy atom. The third-order valence-electron chi connectivity index (χ3n) is 9.95. The van der Waals surface area contributed by atoms with E-state index in [1.54, 1.807) is 0 Å². The maximum atomic E-state index is 12.6. The van der Waals surface area contributed by atoms with Crippen molar-refractivity contribution in [1.82, 2.24) is 0 Å². The number of hydrogen-bond donors (Lipinski definition) is 3. The fourth-order valence-electron chi connectivity index (χ4n) is 6.33. The van der Waals surface area contributed by atoms with E-state index in [-0.39, 0.29) is 19.4 Å². The van der Waals surface area contributed by atoms with Gasteiger partial charge in [0.25, 0.3) is 0 Å². The van der Waals surface area contributed by atoms with Gasteiger partial charge in [-0.3, -0.25) is 23.4 Å². The van der Waals surface area contributed by atoms with E-state index < -0.39 is 51.1 Å². The number of phosphoric ester groups is 1. The normalized spacial score (nSPS) is 13.9. The summed E-state index contributed by atoms with van der Waals surface area (Å²) in [5.41, 5.74) is 5.34. The van der Waals surface area contributed by atoms with E-state index in [0.29, 0.717) is 12.8 Å². The standard InChI is InChI=1S/C45H84NO10P/c1-3-5-7-9-11-13-15-17-19-21-23-25-27-29-31-33-35-37-44(48)56-41(39-54-57(51,52)55-40-42(46)45(49)50)38-53-43(47)36-34-32-30-28-26-24-22-20-18-16-14-12-10-8-6-4-2/h11,13,17,19,41-42H,3-10,12,14-16,18,20-40,46H2,1-2H3,(H,49,50)(H,51,52)/b13-11-,19-17-. The van der Waals surface area contributed by atoms with Crippen molar-refractivity contribution in [3.05, 3.63) is 24.3 Å². The fourth-order valence-corrected chi connectivity index (χ4v) is 7.11. The number of ether oxygens (including phenoxy) is 2. The Labute approximate surface area is 347 Å². The van der Waals surface area contributed by atoms with Crippen molar-refractivity contribution in [2.24, 2.45) is 5.73 Å². The van der Waals surface area contributed by atoms with Gasteiger partial charge < -0.3 is 25.2 Å². The molecule has 57 heavy (non-hydrogen) atoms. The van der Waals surface area contributed by atoms with Gasteiger partial charge in [-0.1, -0.05) is 179 Å². The molecular formula is C45H84NO10P. The Morgan fingerprint density at radius 3 is 1.40 bits per heavy atom. The predicted octanol–water partition coefficient (Wildman–Crippen LogP) is 12.2. The van der Waals surface area contributed by atoms with Crippen LogP contribution in [0.5, 0.6) is 0 Å². The van der Waals surface area contributed by atoms with Gasteiger partial charge in [-0.15, -0.1) is 0 Å². The van der Waals surface area contributed by atoms with E-state index in [1.165, 1.54) is 116 Å². The Kier molecular flexibility index (Phi) is 39.3. The number of carboxylic acid groups (broad SMARTS) is 1. The van der Waals surface area contributed by atoms with Crippen molar-refractivity contribution in [2.75, 3.05) is 19.8 Å². The number of carbonyl (C=O) groups excluding carboxylic acids is 2. The van der Waals surface area contributed by atoms with Gasteiger partial charge in [-0.05, 0) is 44.9 Å². The first-order valence-corrected chi connectivity index (χ1v) is 24.4. The van der Waals surface area contributed by atoms with Crippen molar-refractivity contribution < 1.29 is 47.5 Å². The maximum absolute atomic E-state index is 12.6. The lowest BCUT2D eigenvalue weighted by Gasteiger charge is -2.20. The second-order valence-corrected chi connectivity index (χ2v) is 17.0. The van der Waals surface area contributed by atoms with Crippen LogP contribution in [0.2, 0.25) is 0 Å². The van der Waals surface area contributed by atoms with Crippen molar-refractivity contribution in [2.45, 2.75) is 225 Å². The van der Waals surface area contributed by atoms with Crippen molar-refractivity contribution in [3.63, 3.8) is 0 Å². The van der Waals surface area contributed by atoms with Gasteiger partial charge in [0.05, 0.1) is 13.2 Å². The summed E-state index contributed by atoms with van der Waals surface area (Å²) in [6, 6.07) is -1.52. The van der Waals surface area contributed by atoms with Crippen LogP contribution in [0.15, 0.2) is 24.3 Å². The lowest BCUT2D eigenvalue weighted by molar-refractivity contribution is -0.161. The van der Waals surface area contributed by atoms with Crippen LogP contribution in [0.1, 0.15) is 213 Å². The molecule has 11 nitrogen and oxygen atoms in total. The molecule has 0 aromatic carbocycles. The number of nitrogens with two attached hydrogens (primary N) is 1. The van der Waals surface area contributed by atoms with Crippen LogP contribution in [-0.4, -0.2) is 59.9 Å². The third-order valence-corrected chi connectivity index (χ3v) is 10.9. The Hall–Kier alpha value is -2.04. The molecule has 334 valence electrons. The molecule has 0 bridgehead atoms. The number of carbonyl (C=O) groups is 3. The molecule has 4 N–H and O–H groups in total. The minimum Gasteiger partial charge on any atom is -0.480 e. The second kappa shape index (κ2) is 40.7. The monoisotopic (exact) mass is 830 g/mol. The highest BCUT2D eigenvalue weighted by Crippen LogP contribution is 2.43. The SMILES string of the molecule is CCCCC/C=C\C/C=C\CCCCCCCCCC(=O)OC(COC(=O)CCCCCCCCCCCCCCCCCC)COP(=O)(O)OCC(N)C(=O)O. The summed E-state index contributed by atoms with van der Waals surface area (Å²) < 4.78 is 32.7. The molecule has 12 heteroatoms. The highest BCUT2D eigenvalue weighted by Gasteiger charge is 2.28. The molecule has 3 unspecified atom stereocenters. The van der Waals surface area contributed by atoms with E-state index >= 15 is 0 Å². The number of aliphatic carboxylic acids is 1. The largest absolute Gasteiger partial charge is 0.480 e. The van der Waals surface area contributed by atoms with E-state index in [4.69, 9.17) is 24.8 Å². The first-order valence-electron chi connectivity index (χ1n) is 22.9. The van der Waals surface area contributed by atoms with Crippen LogP contribution in [0.25, 0.3) is 0 Å². The van der Waals surface area contributed by atoms with Crippen molar-refractivity contribution >= 4 is 25.7 Å². The summed E-state index contributed by atoms with van der Waals surface area (Å²) in [5.74, 6) is -2.38. The number of esters is 2. The molecule has 0 saturated heterocycles. The molecule has 0 spiro atoms. The zero-order chi connectivity index (χ0) is 42.1. The molecule has 0 saturated carbocycles. The summed E-state index contributed by atoms with van der Waals surface area (Å²) in [7, 11) is -4.72.